The molecule has 2 aliphatic rings. The fourth-order valence-corrected chi connectivity index (χ4v) is 2.57. The molecule has 25 heavy (non-hydrogen) atoms. The first-order valence-electron chi connectivity index (χ1n) is 7.08. The van der Waals surface area contributed by atoms with Gasteiger partial charge < -0.3 is 60.5 Å². The molecule has 0 bridgehead atoms. The molecule has 10 atom stereocenters. The van der Waals surface area contributed by atoms with Gasteiger partial charge in [0.15, 0.2) is 12.6 Å². The van der Waals surface area contributed by atoms with Crippen molar-refractivity contribution in [3.63, 3.8) is 0 Å². The zero-order chi connectivity index (χ0) is 17.3. The summed E-state index contributed by atoms with van der Waals surface area (Å²) in [5.41, 5.74) is 0. The molecule has 0 unspecified atom stereocenters. The molecule has 0 saturated carbocycles. The molecule has 12 nitrogen and oxygen atoms in total. The van der Waals surface area contributed by atoms with Crippen molar-refractivity contribution in [1.29, 1.82) is 0 Å². The van der Waals surface area contributed by atoms with E-state index in [1.165, 1.54) is 0 Å². The number of hydrogen-bond acceptors (Lipinski definition) is 11. The van der Waals surface area contributed by atoms with E-state index in [9.17, 15) is 35.7 Å². The standard InChI is InChI=1S/C12H22O11.Ca.H2O.2H/c13-1-3-5(15)6(16)9(19)12(22-3)23-10-4(2-14)21-11(20)8(18)7(10)17;;;;/h3-20H,1-2H2;;1H2;;/t3-,4-,5+,6+,7-,8-,9-,10-,11+,12+;;;;/m1..../s1. The maximum absolute atomic E-state index is 9.94. The Morgan fingerprint density at radius 1 is 0.680 bits per heavy atom. The van der Waals surface area contributed by atoms with Gasteiger partial charge >= 0.3 is 37.7 Å². The molecule has 0 amide bonds. The van der Waals surface area contributed by atoms with E-state index >= 15 is 0 Å². The Morgan fingerprint density at radius 3 is 1.76 bits per heavy atom. The van der Waals surface area contributed by atoms with Gasteiger partial charge in [-0.3, -0.25) is 0 Å². The van der Waals surface area contributed by atoms with Gasteiger partial charge in [0.25, 0.3) is 0 Å². The number of rotatable bonds is 4. The average Bonchev–Trinajstić information content (AvgIpc) is 2.55. The molecule has 13 heteroatoms. The Hall–Kier alpha value is 0.780. The third kappa shape index (κ3) is 5.40. The quantitative estimate of drug-likeness (QED) is 0.206. The molecule has 10 N–H and O–H groups in total. The van der Waals surface area contributed by atoms with E-state index in [0.29, 0.717) is 0 Å². The van der Waals surface area contributed by atoms with Crippen molar-refractivity contribution >= 4 is 37.7 Å². The van der Waals surface area contributed by atoms with Gasteiger partial charge in [-0.2, -0.15) is 0 Å². The molecule has 148 valence electrons. The normalized spacial score (nSPS) is 47.5. The topological polar surface area (TPSA) is 221 Å². The average molecular weight is 402 g/mol. The minimum atomic E-state index is -1.74. The predicted molar refractivity (Wildman–Crippen MR) is 80.8 cm³/mol. The fourth-order valence-electron chi connectivity index (χ4n) is 2.57. The van der Waals surface area contributed by atoms with E-state index in [0.717, 1.165) is 0 Å². The monoisotopic (exact) mass is 402 g/mol. The van der Waals surface area contributed by atoms with E-state index < -0.39 is 74.6 Å². The summed E-state index contributed by atoms with van der Waals surface area (Å²) in [5, 5.41) is 76.5. The molecule has 2 rings (SSSR count). The van der Waals surface area contributed by atoms with Crippen LogP contribution in [0.25, 0.3) is 0 Å². The van der Waals surface area contributed by atoms with Crippen LogP contribution in [0.3, 0.4) is 0 Å². The van der Waals surface area contributed by atoms with Crippen LogP contribution in [0.4, 0.5) is 0 Å². The predicted octanol–water partition coefficient (Wildman–Crippen LogP) is -7.14. The van der Waals surface area contributed by atoms with Crippen molar-refractivity contribution in [3.8, 4) is 0 Å². The summed E-state index contributed by atoms with van der Waals surface area (Å²) >= 11 is 0. The van der Waals surface area contributed by atoms with Crippen LogP contribution in [0.2, 0.25) is 0 Å². The molecular formula is C12H26CaO12. The maximum atomic E-state index is 9.94. The Kier molecular flexibility index (Phi) is 11.3. The zero-order valence-corrected chi connectivity index (χ0v) is 12.5. The van der Waals surface area contributed by atoms with Gasteiger partial charge in [-0.1, -0.05) is 0 Å². The summed E-state index contributed by atoms with van der Waals surface area (Å²) in [7, 11) is 0. The first-order chi connectivity index (χ1) is 10.8. The van der Waals surface area contributed by atoms with Gasteiger partial charge in [0.1, 0.15) is 48.8 Å². The van der Waals surface area contributed by atoms with Crippen LogP contribution in [0, 0.1) is 0 Å². The van der Waals surface area contributed by atoms with E-state index in [1.807, 2.05) is 0 Å². The van der Waals surface area contributed by atoms with Crippen LogP contribution >= 0.6 is 0 Å². The summed E-state index contributed by atoms with van der Waals surface area (Å²) < 4.78 is 15.3. The summed E-state index contributed by atoms with van der Waals surface area (Å²) in [6, 6.07) is 0. The van der Waals surface area contributed by atoms with Gasteiger partial charge in [-0.25, -0.2) is 0 Å². The molecule has 2 aliphatic heterocycles. The number of ether oxygens (including phenoxy) is 3. The summed E-state index contributed by atoms with van der Waals surface area (Å²) in [4.78, 5) is 0. The van der Waals surface area contributed by atoms with Crippen molar-refractivity contribution in [2.45, 2.75) is 61.4 Å². The Bertz CT molecular complexity index is 385. The molecule has 2 fully saturated rings. The van der Waals surface area contributed by atoms with E-state index in [4.69, 9.17) is 19.3 Å². The van der Waals surface area contributed by atoms with Crippen LogP contribution in [0.1, 0.15) is 0 Å². The minimum absolute atomic E-state index is 0. The van der Waals surface area contributed by atoms with Crippen LogP contribution < -0.4 is 0 Å². The molecule has 0 spiro atoms. The van der Waals surface area contributed by atoms with E-state index in [-0.39, 0.29) is 43.2 Å². The van der Waals surface area contributed by atoms with Gasteiger partial charge in [0.05, 0.1) is 13.2 Å². The third-order valence-electron chi connectivity index (χ3n) is 3.98. The van der Waals surface area contributed by atoms with Crippen molar-refractivity contribution in [2.24, 2.45) is 0 Å². The summed E-state index contributed by atoms with van der Waals surface area (Å²) in [5.74, 6) is 0. The molecule has 2 heterocycles. The van der Waals surface area contributed by atoms with Crippen molar-refractivity contribution in [3.05, 3.63) is 0 Å². The molecule has 0 aromatic heterocycles. The van der Waals surface area contributed by atoms with Gasteiger partial charge in [-0.05, 0) is 0 Å². The number of aliphatic hydroxyl groups is 8. The van der Waals surface area contributed by atoms with Crippen molar-refractivity contribution < 1.29 is 60.5 Å². The molecule has 0 aromatic carbocycles. The second-order valence-corrected chi connectivity index (χ2v) is 5.53. The van der Waals surface area contributed by atoms with Crippen LogP contribution in [0.15, 0.2) is 0 Å². The Balaban J connectivity index is 0.00000288. The van der Waals surface area contributed by atoms with Gasteiger partial charge in [0.2, 0.25) is 0 Å². The van der Waals surface area contributed by atoms with E-state index in [1.54, 1.807) is 0 Å². The Labute approximate surface area is 172 Å². The second kappa shape index (κ2) is 10.9. The van der Waals surface area contributed by atoms with Crippen molar-refractivity contribution in [1.82, 2.24) is 0 Å². The van der Waals surface area contributed by atoms with Crippen molar-refractivity contribution in [2.75, 3.05) is 13.2 Å². The van der Waals surface area contributed by atoms with Crippen LogP contribution in [-0.4, -0.2) is 159 Å². The van der Waals surface area contributed by atoms with Gasteiger partial charge in [-0.15, -0.1) is 0 Å². The van der Waals surface area contributed by atoms with Crippen LogP contribution in [0.5, 0.6) is 0 Å². The van der Waals surface area contributed by atoms with Crippen LogP contribution in [-0.2, 0) is 14.2 Å². The number of hydrogen-bond donors (Lipinski definition) is 8. The summed E-state index contributed by atoms with van der Waals surface area (Å²) in [6.07, 6.45) is -15.6. The molecular weight excluding hydrogens is 376 g/mol. The first-order valence-corrected chi connectivity index (χ1v) is 7.08. The molecule has 0 radical (unpaired) electrons. The Morgan fingerprint density at radius 2 is 1.24 bits per heavy atom. The number of aliphatic hydroxyl groups excluding tert-OH is 8. The summed E-state index contributed by atoms with van der Waals surface area (Å²) in [6.45, 7) is -1.35. The SMILES string of the molecule is O.OC[C@H]1O[C@@H](O[C@H]2[C@H](O)[C@@H](O)[C@@H](O)O[C@@H]2CO)[C@H](O)[C@@H](O)[C@H]1O.[CaH2]. The fraction of sp³-hybridized carbons (Fsp3) is 1.00. The van der Waals surface area contributed by atoms with E-state index in [2.05, 4.69) is 0 Å². The van der Waals surface area contributed by atoms with Gasteiger partial charge in [0, 0.05) is 0 Å². The zero-order valence-electron chi connectivity index (χ0n) is 12.5. The molecule has 0 aromatic rings. The molecule has 2 saturated heterocycles. The first kappa shape index (κ1) is 25.8. The third-order valence-corrected chi connectivity index (χ3v) is 3.98. The molecule has 0 aliphatic carbocycles. The second-order valence-electron chi connectivity index (χ2n) is 5.53.